The number of ether oxygens (including phenoxy) is 5. The van der Waals surface area contributed by atoms with E-state index in [2.05, 4.69) is 21.3 Å². The molecule has 4 bridgehead atoms. The molecule has 3 atom stereocenters. The molecule has 1 aliphatic rings. The number of carbonyl (C=O) groups excluding carboxylic acids is 5. The van der Waals surface area contributed by atoms with Crippen LogP contribution in [0.2, 0.25) is 0 Å². The SMILES string of the molecule is CNC1C(=O)NCC(=O)C(C)CC(C(=O)OC)Cc2ccc(OCCNC(=O)OC(C)(C)C)c(c2)-c2cc1ccc2OCCNC(=O)OC(C)(C)C. The van der Waals surface area contributed by atoms with Crippen LogP contribution in [0.5, 0.6) is 11.5 Å². The summed E-state index contributed by atoms with van der Waals surface area (Å²) in [6, 6.07) is 9.90. The predicted molar refractivity (Wildman–Crippen MR) is 194 cm³/mol. The lowest BCUT2D eigenvalue weighted by molar-refractivity contribution is -0.146. The highest BCUT2D eigenvalue weighted by molar-refractivity contribution is 5.91. The average molecular weight is 727 g/mol. The molecule has 3 unspecified atom stereocenters. The van der Waals surface area contributed by atoms with Gasteiger partial charge in [0.2, 0.25) is 5.91 Å². The van der Waals surface area contributed by atoms with Gasteiger partial charge in [-0.15, -0.1) is 0 Å². The van der Waals surface area contributed by atoms with Crippen molar-refractivity contribution in [3.8, 4) is 22.6 Å². The van der Waals surface area contributed by atoms with E-state index in [1.807, 2.05) is 12.1 Å². The number of esters is 1. The minimum Gasteiger partial charge on any atom is -0.491 e. The van der Waals surface area contributed by atoms with Crippen molar-refractivity contribution in [2.24, 2.45) is 11.8 Å². The van der Waals surface area contributed by atoms with Crippen LogP contribution in [0.15, 0.2) is 36.4 Å². The van der Waals surface area contributed by atoms with Crippen molar-refractivity contribution in [1.29, 1.82) is 0 Å². The number of likely N-dealkylation sites (N-methyl/N-ethyl adjacent to an activating group) is 1. The Kier molecular flexibility index (Phi) is 14.9. The first-order valence-corrected chi connectivity index (χ1v) is 17.4. The molecule has 14 nitrogen and oxygen atoms in total. The number of carbonyl (C=O) groups is 5. The van der Waals surface area contributed by atoms with Gasteiger partial charge in [0.15, 0.2) is 5.78 Å². The summed E-state index contributed by atoms with van der Waals surface area (Å²) in [4.78, 5) is 63.9. The second kappa shape index (κ2) is 18.6. The number of hydrogen-bond donors (Lipinski definition) is 4. The van der Waals surface area contributed by atoms with Crippen LogP contribution in [0.1, 0.15) is 72.1 Å². The zero-order chi connectivity index (χ0) is 38.6. The first kappa shape index (κ1) is 41.6. The number of methoxy groups -OCH3 is 1. The van der Waals surface area contributed by atoms with E-state index < -0.39 is 53.1 Å². The van der Waals surface area contributed by atoms with Crippen LogP contribution in [0.3, 0.4) is 0 Å². The predicted octanol–water partition coefficient (Wildman–Crippen LogP) is 4.48. The van der Waals surface area contributed by atoms with Gasteiger partial charge in [-0.1, -0.05) is 19.1 Å². The van der Waals surface area contributed by atoms with Gasteiger partial charge in [-0.25, -0.2) is 9.59 Å². The molecule has 2 aromatic carbocycles. The molecule has 3 rings (SSSR count). The molecule has 0 saturated carbocycles. The Hall–Kier alpha value is -4.85. The van der Waals surface area contributed by atoms with Crippen LogP contribution in [-0.4, -0.2) is 88.1 Å². The van der Waals surface area contributed by atoms with E-state index in [0.29, 0.717) is 28.2 Å². The van der Waals surface area contributed by atoms with Crippen molar-refractivity contribution < 1.29 is 47.7 Å². The fourth-order valence-electron chi connectivity index (χ4n) is 5.53. The molecule has 0 aliphatic carbocycles. The lowest BCUT2D eigenvalue weighted by atomic mass is 9.87. The molecule has 286 valence electrons. The number of ketones is 1. The fourth-order valence-corrected chi connectivity index (χ4v) is 5.53. The molecule has 0 spiro atoms. The van der Waals surface area contributed by atoms with Crippen LogP contribution in [0.4, 0.5) is 9.59 Å². The van der Waals surface area contributed by atoms with E-state index in [4.69, 9.17) is 23.7 Å². The van der Waals surface area contributed by atoms with Crippen LogP contribution in [-0.2, 0) is 35.0 Å². The number of fused-ring (bicyclic) bond motifs is 5. The Morgan fingerprint density at radius 2 is 1.37 bits per heavy atom. The zero-order valence-electron chi connectivity index (χ0n) is 31.7. The molecule has 52 heavy (non-hydrogen) atoms. The molecule has 3 amide bonds. The van der Waals surface area contributed by atoms with Crippen LogP contribution in [0, 0.1) is 11.8 Å². The van der Waals surface area contributed by atoms with Crippen molar-refractivity contribution in [1.82, 2.24) is 21.3 Å². The molecule has 4 N–H and O–H groups in total. The number of nitrogens with one attached hydrogen (secondary N) is 4. The van der Waals surface area contributed by atoms with Crippen LogP contribution < -0.4 is 30.7 Å². The molecule has 14 heteroatoms. The summed E-state index contributed by atoms with van der Waals surface area (Å²) in [7, 11) is 2.95. The summed E-state index contributed by atoms with van der Waals surface area (Å²) < 4.78 is 28.2. The normalized spacial score (nSPS) is 18.1. The van der Waals surface area contributed by atoms with Crippen molar-refractivity contribution >= 4 is 29.8 Å². The second-order valence-electron chi connectivity index (χ2n) is 14.6. The third-order valence-corrected chi connectivity index (χ3v) is 7.92. The Bertz CT molecular complexity index is 1580. The molecule has 0 radical (unpaired) electrons. The largest absolute Gasteiger partial charge is 0.491 e. The Labute approximate surface area is 306 Å². The highest BCUT2D eigenvalue weighted by Crippen LogP contribution is 2.40. The maximum Gasteiger partial charge on any atom is 0.407 e. The lowest BCUT2D eigenvalue weighted by Gasteiger charge is -2.22. The van der Waals surface area contributed by atoms with Gasteiger partial charge in [-0.2, -0.15) is 0 Å². The molecule has 2 aromatic rings. The van der Waals surface area contributed by atoms with Gasteiger partial charge < -0.3 is 45.0 Å². The topological polar surface area (TPSA) is 180 Å². The Morgan fingerprint density at radius 3 is 1.88 bits per heavy atom. The van der Waals surface area contributed by atoms with E-state index in [9.17, 15) is 24.0 Å². The third kappa shape index (κ3) is 13.0. The molecule has 0 saturated heterocycles. The van der Waals surface area contributed by atoms with Crippen LogP contribution >= 0.6 is 0 Å². The van der Waals surface area contributed by atoms with E-state index in [1.54, 1.807) is 79.8 Å². The highest BCUT2D eigenvalue weighted by Gasteiger charge is 2.29. The molecule has 1 aliphatic heterocycles. The van der Waals surface area contributed by atoms with E-state index in [0.717, 1.165) is 5.56 Å². The van der Waals surface area contributed by atoms with E-state index >= 15 is 0 Å². The minimum absolute atomic E-state index is 0.0850. The van der Waals surface area contributed by atoms with Crippen LogP contribution in [0.25, 0.3) is 11.1 Å². The number of rotatable bonds is 10. The molecule has 0 fully saturated rings. The van der Waals surface area contributed by atoms with Gasteiger partial charge >= 0.3 is 18.2 Å². The fraction of sp³-hybridized carbons (Fsp3) is 0.553. The molecule has 0 aromatic heterocycles. The number of alkyl carbamates (subject to hydrolysis) is 2. The smallest absolute Gasteiger partial charge is 0.407 e. The molecule has 1 heterocycles. The number of benzene rings is 2. The van der Waals surface area contributed by atoms with Gasteiger partial charge in [0.25, 0.3) is 0 Å². The summed E-state index contributed by atoms with van der Waals surface area (Å²) in [5.41, 5.74) is 1.18. The summed E-state index contributed by atoms with van der Waals surface area (Å²) >= 11 is 0. The second-order valence-corrected chi connectivity index (χ2v) is 14.6. The quantitative estimate of drug-likeness (QED) is 0.154. The average Bonchev–Trinajstić information content (AvgIpc) is 3.06. The van der Waals surface area contributed by atoms with E-state index in [-0.39, 0.29) is 51.5 Å². The van der Waals surface area contributed by atoms with Gasteiger partial charge in [0.05, 0.1) is 32.7 Å². The lowest BCUT2D eigenvalue weighted by Crippen LogP contribution is -2.40. The van der Waals surface area contributed by atoms with Crippen molar-refractivity contribution in [3.63, 3.8) is 0 Å². The minimum atomic E-state index is -0.830. The maximum absolute atomic E-state index is 13.4. The van der Waals surface area contributed by atoms with Gasteiger partial charge in [-0.05, 0) is 96.8 Å². The molecular formula is C38H54N4O10. The molecular weight excluding hydrogens is 672 g/mol. The van der Waals surface area contributed by atoms with E-state index in [1.165, 1.54) is 7.11 Å². The number of hydrogen-bond acceptors (Lipinski definition) is 11. The highest BCUT2D eigenvalue weighted by atomic mass is 16.6. The van der Waals surface area contributed by atoms with Crippen molar-refractivity contribution in [2.75, 3.05) is 47.0 Å². The number of amides is 3. The standard InChI is InChI=1S/C38H54N4O10/c1-23-18-26(34(45)48-9)19-24-10-12-30(49-16-14-40-35(46)51-37(2,3)4)27(20-24)28-21-25(32(39-8)33(44)42-22-29(23)43)11-13-31(28)50-17-15-41-36(47)52-38(5,6)7/h10-13,20-21,23,26,32,39H,14-19,22H2,1-9H3,(H,40,46)(H,41,47)(H,42,44). The summed E-state index contributed by atoms with van der Waals surface area (Å²) in [6.45, 7) is 12.6. The van der Waals surface area contributed by atoms with Gasteiger partial charge in [-0.3, -0.25) is 14.4 Å². The third-order valence-electron chi connectivity index (χ3n) is 7.92. The zero-order valence-corrected chi connectivity index (χ0v) is 31.7. The Morgan fingerprint density at radius 1 is 0.827 bits per heavy atom. The summed E-state index contributed by atoms with van der Waals surface area (Å²) in [6.07, 6.45) is -0.680. The Balaban J connectivity index is 2.08. The first-order valence-electron chi connectivity index (χ1n) is 17.4. The maximum atomic E-state index is 13.4. The summed E-state index contributed by atoms with van der Waals surface area (Å²) in [5.74, 6) is -1.39. The van der Waals surface area contributed by atoms with Gasteiger partial charge in [0, 0.05) is 17.0 Å². The summed E-state index contributed by atoms with van der Waals surface area (Å²) in [5, 5.41) is 11.1. The van der Waals surface area contributed by atoms with Crippen molar-refractivity contribution in [2.45, 2.75) is 78.6 Å². The monoisotopic (exact) mass is 726 g/mol. The first-order chi connectivity index (χ1) is 24.4. The van der Waals surface area contributed by atoms with Gasteiger partial charge in [0.1, 0.15) is 42.0 Å². The number of Topliss-reactive ketones (excluding diaryl/α,β-unsaturated/α-hetero) is 1. The van der Waals surface area contributed by atoms with Crippen molar-refractivity contribution in [3.05, 3.63) is 47.5 Å².